The second-order valence-electron chi connectivity index (χ2n) is 8.17. The Morgan fingerprint density at radius 2 is 2.00 bits per heavy atom. The molecule has 1 N–H and O–H groups in total. The first-order valence-electron chi connectivity index (χ1n) is 10.8. The van der Waals surface area contributed by atoms with E-state index in [4.69, 9.17) is 9.47 Å². The molecule has 1 amide bonds. The zero-order valence-electron chi connectivity index (χ0n) is 18.2. The number of hydrogen-bond acceptors (Lipinski definition) is 7. The third-order valence-electron chi connectivity index (χ3n) is 5.71. The number of sulfonamides is 1. The van der Waals surface area contributed by atoms with Crippen LogP contribution in [-0.2, 0) is 42.6 Å². The van der Waals surface area contributed by atoms with Crippen molar-refractivity contribution in [1.82, 2.24) is 19.2 Å². The minimum absolute atomic E-state index is 0.0666. The van der Waals surface area contributed by atoms with Gasteiger partial charge >= 0.3 is 5.97 Å². The molecule has 0 bridgehead atoms. The van der Waals surface area contributed by atoms with Crippen molar-refractivity contribution in [1.29, 1.82) is 0 Å². The first kappa shape index (κ1) is 22.7. The maximum Gasteiger partial charge on any atom is 0.307 e. The Labute approximate surface area is 186 Å². The molecule has 2 aromatic rings. The summed E-state index contributed by atoms with van der Waals surface area (Å²) in [5, 5.41) is 2.81. The van der Waals surface area contributed by atoms with E-state index in [2.05, 4.69) is 10.3 Å². The minimum Gasteiger partial charge on any atom is -0.453 e. The first-order chi connectivity index (χ1) is 15.3. The lowest BCUT2D eigenvalue weighted by Gasteiger charge is -2.26. The molecule has 10 nitrogen and oxygen atoms in total. The highest BCUT2D eigenvalue weighted by Gasteiger charge is 2.28. The quantitative estimate of drug-likeness (QED) is 0.572. The largest absolute Gasteiger partial charge is 0.453 e. The Morgan fingerprint density at radius 1 is 1.28 bits per heavy atom. The van der Waals surface area contributed by atoms with E-state index in [9.17, 15) is 18.0 Å². The van der Waals surface area contributed by atoms with Crippen LogP contribution in [0.2, 0.25) is 0 Å². The van der Waals surface area contributed by atoms with E-state index in [0.29, 0.717) is 44.1 Å². The average molecular weight is 465 g/mol. The molecule has 2 fully saturated rings. The van der Waals surface area contributed by atoms with Crippen molar-refractivity contribution < 1.29 is 27.5 Å². The van der Waals surface area contributed by atoms with Gasteiger partial charge in [0.05, 0.1) is 35.6 Å². The van der Waals surface area contributed by atoms with E-state index in [1.54, 1.807) is 25.1 Å². The van der Waals surface area contributed by atoms with Crippen molar-refractivity contribution >= 4 is 32.9 Å². The molecule has 4 rings (SSSR count). The number of nitrogens with one attached hydrogen (secondary N) is 1. The van der Waals surface area contributed by atoms with Gasteiger partial charge in [0.15, 0.2) is 6.10 Å². The molecule has 1 saturated carbocycles. The van der Waals surface area contributed by atoms with Crippen LogP contribution >= 0.6 is 0 Å². The molecule has 2 heterocycles. The number of carbonyl (C=O) groups excluding carboxylic acids is 2. The van der Waals surface area contributed by atoms with Gasteiger partial charge in [-0.05, 0) is 38.0 Å². The molecule has 174 valence electrons. The van der Waals surface area contributed by atoms with Crippen LogP contribution < -0.4 is 5.32 Å². The molecule has 1 saturated heterocycles. The van der Waals surface area contributed by atoms with Gasteiger partial charge in [-0.15, -0.1) is 0 Å². The number of ether oxygens (including phenoxy) is 2. The van der Waals surface area contributed by atoms with Crippen molar-refractivity contribution in [2.24, 2.45) is 7.05 Å². The Kier molecular flexibility index (Phi) is 6.50. The molecule has 1 aromatic heterocycles. The zero-order valence-corrected chi connectivity index (χ0v) is 19.1. The molecule has 11 heteroatoms. The molecular formula is C21H28N4O6S. The van der Waals surface area contributed by atoms with Gasteiger partial charge in [-0.25, -0.2) is 13.4 Å². The number of nitrogens with zero attached hydrogens (tertiary/aromatic N) is 3. The number of amides is 1. The van der Waals surface area contributed by atoms with Crippen LogP contribution in [0, 0.1) is 0 Å². The second kappa shape index (κ2) is 9.16. The second-order valence-corrected chi connectivity index (χ2v) is 10.1. The van der Waals surface area contributed by atoms with Gasteiger partial charge in [-0.2, -0.15) is 4.31 Å². The number of esters is 1. The summed E-state index contributed by atoms with van der Waals surface area (Å²) in [6.45, 7) is 2.97. The predicted octanol–water partition coefficient (Wildman–Crippen LogP) is 0.737. The number of imidazole rings is 1. The standard InChI is InChI=1S/C21H28N4O6S/c1-14(21(27)22-15-3-4-15)31-20(26)8-7-19-23-17-13-16(5-6-18(17)24(19)2)32(28,29)25-9-11-30-12-10-25/h5-6,13-15H,3-4,7-12H2,1-2H3,(H,22,27). The topological polar surface area (TPSA) is 120 Å². The van der Waals surface area contributed by atoms with Crippen LogP contribution in [0.15, 0.2) is 23.1 Å². The summed E-state index contributed by atoms with van der Waals surface area (Å²) in [5.74, 6) is -0.128. The Balaban J connectivity index is 1.41. The molecule has 2 aliphatic rings. The van der Waals surface area contributed by atoms with Gasteiger partial charge < -0.3 is 19.4 Å². The van der Waals surface area contributed by atoms with Crippen molar-refractivity contribution in [3.63, 3.8) is 0 Å². The predicted molar refractivity (Wildman–Crippen MR) is 115 cm³/mol. The summed E-state index contributed by atoms with van der Waals surface area (Å²) >= 11 is 0. The summed E-state index contributed by atoms with van der Waals surface area (Å²) in [6.07, 6.45) is 1.48. The number of aryl methyl sites for hydroxylation is 2. The Morgan fingerprint density at radius 3 is 2.69 bits per heavy atom. The molecule has 1 aliphatic heterocycles. The summed E-state index contributed by atoms with van der Waals surface area (Å²) < 4.78 is 39.5. The molecule has 0 radical (unpaired) electrons. The zero-order chi connectivity index (χ0) is 22.9. The fourth-order valence-electron chi connectivity index (χ4n) is 3.62. The SMILES string of the molecule is CC(OC(=O)CCc1nc2cc(S(=O)(=O)N3CCOCC3)ccc2n1C)C(=O)NC1CC1. The Hall–Kier alpha value is -2.50. The van der Waals surface area contributed by atoms with Crippen molar-refractivity contribution in [2.45, 2.75) is 49.6 Å². The maximum atomic E-state index is 12.9. The molecule has 0 spiro atoms. The van der Waals surface area contributed by atoms with Gasteiger partial charge in [0.25, 0.3) is 5.91 Å². The average Bonchev–Trinajstić information content (AvgIpc) is 3.54. The number of fused-ring (bicyclic) bond motifs is 1. The fourth-order valence-corrected chi connectivity index (χ4v) is 5.05. The van der Waals surface area contributed by atoms with Gasteiger partial charge in [0, 0.05) is 32.6 Å². The van der Waals surface area contributed by atoms with Crippen LogP contribution in [0.25, 0.3) is 11.0 Å². The van der Waals surface area contributed by atoms with Gasteiger partial charge in [-0.3, -0.25) is 9.59 Å². The number of benzene rings is 1. The smallest absolute Gasteiger partial charge is 0.307 e. The maximum absolute atomic E-state index is 12.9. The van der Waals surface area contributed by atoms with Crippen LogP contribution in [-0.4, -0.2) is 72.6 Å². The molecule has 1 atom stereocenters. The summed E-state index contributed by atoms with van der Waals surface area (Å²) in [4.78, 5) is 28.8. The van der Waals surface area contributed by atoms with E-state index >= 15 is 0 Å². The number of hydrogen-bond donors (Lipinski definition) is 1. The van der Waals surface area contributed by atoms with Crippen molar-refractivity contribution in [2.75, 3.05) is 26.3 Å². The van der Waals surface area contributed by atoms with E-state index < -0.39 is 22.1 Å². The lowest BCUT2D eigenvalue weighted by atomic mass is 10.3. The molecule has 1 aliphatic carbocycles. The van der Waals surface area contributed by atoms with Crippen LogP contribution in [0.4, 0.5) is 0 Å². The third kappa shape index (κ3) is 4.94. The number of aromatic nitrogens is 2. The molecule has 32 heavy (non-hydrogen) atoms. The summed E-state index contributed by atoms with van der Waals surface area (Å²) in [7, 11) is -1.80. The fraction of sp³-hybridized carbons (Fsp3) is 0.571. The lowest BCUT2D eigenvalue weighted by molar-refractivity contribution is -0.154. The van der Waals surface area contributed by atoms with Gasteiger partial charge in [0.2, 0.25) is 10.0 Å². The first-order valence-corrected chi connectivity index (χ1v) is 12.2. The molecule has 1 unspecified atom stereocenters. The van der Waals surface area contributed by atoms with Crippen molar-refractivity contribution in [3.05, 3.63) is 24.0 Å². The van der Waals surface area contributed by atoms with E-state index in [1.807, 2.05) is 11.6 Å². The molecular weight excluding hydrogens is 436 g/mol. The van der Waals surface area contributed by atoms with Crippen molar-refractivity contribution in [3.8, 4) is 0 Å². The minimum atomic E-state index is -3.62. The van der Waals surface area contributed by atoms with Gasteiger partial charge in [0.1, 0.15) is 5.82 Å². The highest BCUT2D eigenvalue weighted by molar-refractivity contribution is 7.89. The summed E-state index contributed by atoms with van der Waals surface area (Å²) in [6, 6.07) is 5.07. The number of carbonyl (C=O) groups is 2. The van der Waals surface area contributed by atoms with E-state index in [-0.39, 0.29) is 23.3 Å². The lowest BCUT2D eigenvalue weighted by Crippen LogP contribution is -2.40. The summed E-state index contributed by atoms with van der Waals surface area (Å²) in [5.41, 5.74) is 1.31. The molecule has 1 aromatic carbocycles. The van der Waals surface area contributed by atoms with Crippen LogP contribution in [0.3, 0.4) is 0 Å². The third-order valence-corrected chi connectivity index (χ3v) is 7.60. The Bertz CT molecular complexity index is 1120. The highest BCUT2D eigenvalue weighted by atomic mass is 32.2. The van der Waals surface area contributed by atoms with Crippen LogP contribution in [0.1, 0.15) is 32.0 Å². The van der Waals surface area contributed by atoms with E-state index in [1.165, 1.54) is 4.31 Å². The monoisotopic (exact) mass is 464 g/mol. The number of morpholine rings is 1. The normalized spacial score (nSPS) is 18.4. The van der Waals surface area contributed by atoms with E-state index in [0.717, 1.165) is 18.4 Å². The van der Waals surface area contributed by atoms with Gasteiger partial charge in [-0.1, -0.05) is 0 Å². The highest BCUT2D eigenvalue weighted by Crippen LogP contribution is 2.23. The number of rotatable bonds is 8. The van der Waals surface area contributed by atoms with Crippen LogP contribution in [0.5, 0.6) is 0 Å².